The fourth-order valence-electron chi connectivity index (χ4n) is 2.57. The maximum absolute atomic E-state index is 11.3. The van der Waals surface area contributed by atoms with Crippen molar-refractivity contribution in [1.82, 2.24) is 4.57 Å². The van der Waals surface area contributed by atoms with Crippen molar-refractivity contribution in [2.45, 2.75) is 46.1 Å². The topological polar surface area (TPSA) is 42.2 Å². The Bertz CT molecular complexity index is 635. The van der Waals surface area contributed by atoms with Crippen LogP contribution in [-0.2, 0) is 10.2 Å². The Morgan fingerprint density at radius 1 is 1.26 bits per heavy atom. The van der Waals surface area contributed by atoms with Gasteiger partial charge in [-0.1, -0.05) is 6.07 Å². The second-order valence-electron chi connectivity index (χ2n) is 5.95. The van der Waals surface area contributed by atoms with E-state index in [0.717, 1.165) is 16.5 Å². The number of hydrogen-bond acceptors (Lipinski definition) is 1. The molecule has 1 heterocycles. The number of fused-ring (bicyclic) bond motifs is 1. The van der Waals surface area contributed by atoms with E-state index in [2.05, 4.69) is 31.4 Å². The molecule has 0 bridgehead atoms. The molecule has 0 fully saturated rings. The van der Waals surface area contributed by atoms with E-state index >= 15 is 0 Å². The third kappa shape index (κ3) is 2.14. The van der Waals surface area contributed by atoms with E-state index in [9.17, 15) is 9.90 Å². The summed E-state index contributed by atoms with van der Waals surface area (Å²) in [6.07, 6.45) is 0. The van der Waals surface area contributed by atoms with Gasteiger partial charge in [-0.3, -0.25) is 4.79 Å². The Morgan fingerprint density at radius 2 is 1.89 bits per heavy atom. The molecule has 0 aliphatic carbocycles. The van der Waals surface area contributed by atoms with Gasteiger partial charge in [0.1, 0.15) is 0 Å². The molecule has 0 unspecified atom stereocenters. The van der Waals surface area contributed by atoms with Crippen molar-refractivity contribution in [3.8, 4) is 0 Å². The minimum Gasteiger partial charge on any atom is -0.481 e. The van der Waals surface area contributed by atoms with E-state index in [1.165, 1.54) is 5.69 Å². The second kappa shape index (κ2) is 4.41. The van der Waals surface area contributed by atoms with Gasteiger partial charge < -0.3 is 9.67 Å². The highest BCUT2D eigenvalue weighted by Gasteiger charge is 2.29. The van der Waals surface area contributed by atoms with Crippen LogP contribution in [0, 0.1) is 6.92 Å². The Balaban J connectivity index is 2.64. The third-order valence-electron chi connectivity index (χ3n) is 3.80. The zero-order chi connectivity index (χ0) is 14.4. The highest BCUT2D eigenvalue weighted by Crippen LogP contribution is 2.30. The predicted octanol–water partition coefficient (Wildman–Crippen LogP) is 3.89. The molecule has 0 atom stereocenters. The van der Waals surface area contributed by atoms with Crippen LogP contribution >= 0.6 is 0 Å². The molecule has 0 amide bonds. The lowest BCUT2D eigenvalue weighted by atomic mass is 9.84. The molecular weight excluding hydrogens is 238 g/mol. The molecule has 1 aromatic heterocycles. The van der Waals surface area contributed by atoms with Crippen molar-refractivity contribution in [2.75, 3.05) is 0 Å². The number of aromatic nitrogens is 1. The molecule has 1 aromatic carbocycles. The van der Waals surface area contributed by atoms with E-state index in [1.807, 2.05) is 18.2 Å². The first-order chi connectivity index (χ1) is 8.75. The van der Waals surface area contributed by atoms with Gasteiger partial charge in [0.15, 0.2) is 0 Å². The van der Waals surface area contributed by atoms with Crippen LogP contribution in [0.1, 0.15) is 45.0 Å². The fraction of sp³-hybridized carbons (Fsp3) is 0.438. The summed E-state index contributed by atoms with van der Waals surface area (Å²) in [4.78, 5) is 11.3. The Morgan fingerprint density at radius 3 is 2.42 bits per heavy atom. The summed E-state index contributed by atoms with van der Waals surface area (Å²) in [5.41, 5.74) is 2.35. The van der Waals surface area contributed by atoms with Crippen LogP contribution in [0.3, 0.4) is 0 Å². The van der Waals surface area contributed by atoms with Gasteiger partial charge in [-0.05, 0) is 58.4 Å². The van der Waals surface area contributed by atoms with Gasteiger partial charge in [0.25, 0.3) is 0 Å². The van der Waals surface area contributed by atoms with Crippen LogP contribution in [0.5, 0.6) is 0 Å². The van der Waals surface area contributed by atoms with E-state index < -0.39 is 11.4 Å². The lowest BCUT2D eigenvalue weighted by molar-refractivity contribution is -0.142. The standard InChI is InChI=1S/C16H21NO2/c1-10(2)17-11(3)8-12-9-13(6-7-14(12)17)16(4,5)15(18)19/h6-10H,1-5H3,(H,18,19). The van der Waals surface area contributed by atoms with Gasteiger partial charge in [0, 0.05) is 22.6 Å². The maximum Gasteiger partial charge on any atom is 0.313 e. The molecule has 0 saturated carbocycles. The largest absolute Gasteiger partial charge is 0.481 e. The summed E-state index contributed by atoms with van der Waals surface area (Å²) >= 11 is 0. The summed E-state index contributed by atoms with van der Waals surface area (Å²) in [6, 6.07) is 8.47. The summed E-state index contributed by atoms with van der Waals surface area (Å²) in [7, 11) is 0. The SMILES string of the molecule is Cc1cc2cc(C(C)(C)C(=O)O)ccc2n1C(C)C. The van der Waals surface area contributed by atoms with Gasteiger partial charge in [-0.15, -0.1) is 0 Å². The maximum atomic E-state index is 11.3. The summed E-state index contributed by atoms with van der Waals surface area (Å²) < 4.78 is 2.27. The zero-order valence-corrected chi connectivity index (χ0v) is 12.2. The van der Waals surface area contributed by atoms with E-state index in [0.29, 0.717) is 6.04 Å². The van der Waals surface area contributed by atoms with Crippen LogP contribution in [0.2, 0.25) is 0 Å². The van der Waals surface area contributed by atoms with Gasteiger partial charge in [0.2, 0.25) is 0 Å². The fourth-order valence-corrected chi connectivity index (χ4v) is 2.57. The van der Waals surface area contributed by atoms with Crippen LogP contribution in [0.15, 0.2) is 24.3 Å². The molecule has 0 spiro atoms. The van der Waals surface area contributed by atoms with Gasteiger partial charge in [-0.2, -0.15) is 0 Å². The number of benzene rings is 1. The average Bonchev–Trinajstić information content (AvgIpc) is 2.63. The molecule has 3 nitrogen and oxygen atoms in total. The molecule has 0 saturated heterocycles. The second-order valence-corrected chi connectivity index (χ2v) is 5.95. The number of nitrogens with zero attached hydrogens (tertiary/aromatic N) is 1. The Kier molecular flexibility index (Phi) is 3.17. The molecule has 102 valence electrons. The lowest BCUT2D eigenvalue weighted by Gasteiger charge is -2.20. The normalized spacial score (nSPS) is 12.3. The van der Waals surface area contributed by atoms with E-state index in [-0.39, 0.29) is 0 Å². The lowest BCUT2D eigenvalue weighted by Crippen LogP contribution is -2.28. The molecular formula is C16H21NO2. The van der Waals surface area contributed by atoms with Gasteiger partial charge in [0.05, 0.1) is 5.41 Å². The Labute approximate surface area is 113 Å². The average molecular weight is 259 g/mol. The molecule has 0 aliphatic heterocycles. The quantitative estimate of drug-likeness (QED) is 0.908. The first-order valence-corrected chi connectivity index (χ1v) is 6.60. The van der Waals surface area contributed by atoms with Crippen LogP contribution < -0.4 is 0 Å². The highest BCUT2D eigenvalue weighted by molar-refractivity contribution is 5.86. The van der Waals surface area contributed by atoms with Gasteiger partial charge in [-0.25, -0.2) is 0 Å². The number of carboxylic acid groups (broad SMARTS) is 1. The number of aryl methyl sites for hydroxylation is 1. The number of aliphatic carboxylic acids is 1. The van der Waals surface area contributed by atoms with Crippen molar-refractivity contribution in [2.24, 2.45) is 0 Å². The van der Waals surface area contributed by atoms with E-state index in [1.54, 1.807) is 13.8 Å². The Hall–Kier alpha value is -1.77. The minimum atomic E-state index is -0.859. The monoisotopic (exact) mass is 259 g/mol. The molecule has 3 heteroatoms. The first-order valence-electron chi connectivity index (χ1n) is 6.60. The van der Waals surface area contributed by atoms with Crippen molar-refractivity contribution in [3.63, 3.8) is 0 Å². The smallest absolute Gasteiger partial charge is 0.313 e. The number of hydrogen-bond donors (Lipinski definition) is 1. The zero-order valence-electron chi connectivity index (χ0n) is 12.2. The molecule has 1 N–H and O–H groups in total. The van der Waals surface area contributed by atoms with E-state index in [4.69, 9.17) is 0 Å². The molecule has 2 rings (SSSR count). The van der Waals surface area contributed by atoms with Crippen LogP contribution in [0.4, 0.5) is 0 Å². The van der Waals surface area contributed by atoms with Crippen molar-refractivity contribution in [3.05, 3.63) is 35.5 Å². The summed E-state index contributed by atoms with van der Waals surface area (Å²) in [5.74, 6) is -0.799. The van der Waals surface area contributed by atoms with Crippen LogP contribution in [-0.4, -0.2) is 15.6 Å². The highest BCUT2D eigenvalue weighted by atomic mass is 16.4. The molecule has 19 heavy (non-hydrogen) atoms. The number of carbonyl (C=O) groups is 1. The molecule has 0 aliphatic rings. The third-order valence-corrected chi connectivity index (χ3v) is 3.80. The van der Waals surface area contributed by atoms with Crippen molar-refractivity contribution >= 4 is 16.9 Å². The molecule has 2 aromatic rings. The number of rotatable bonds is 3. The predicted molar refractivity (Wildman–Crippen MR) is 77.7 cm³/mol. The van der Waals surface area contributed by atoms with Crippen molar-refractivity contribution in [1.29, 1.82) is 0 Å². The first kappa shape index (κ1) is 13.7. The van der Waals surface area contributed by atoms with Crippen LogP contribution in [0.25, 0.3) is 10.9 Å². The summed E-state index contributed by atoms with van der Waals surface area (Å²) in [5, 5.41) is 10.4. The van der Waals surface area contributed by atoms with Crippen molar-refractivity contribution < 1.29 is 9.90 Å². The summed E-state index contributed by atoms with van der Waals surface area (Å²) in [6.45, 7) is 9.87. The number of carboxylic acids is 1. The molecule has 0 radical (unpaired) electrons. The van der Waals surface area contributed by atoms with Gasteiger partial charge >= 0.3 is 5.97 Å². The minimum absolute atomic E-state index is 0.399.